The zero-order valence-electron chi connectivity index (χ0n) is 15.0. The maximum Gasteiger partial charge on any atom is 0.161 e. The fraction of sp³-hybridized carbons (Fsp3) is 0.227. The second-order valence-electron chi connectivity index (χ2n) is 6.16. The van der Waals surface area contributed by atoms with Crippen molar-refractivity contribution in [3.05, 3.63) is 89.7 Å². The third-order valence-electron chi connectivity index (χ3n) is 4.31. The molecule has 0 saturated carbocycles. The Balaban J connectivity index is 1.62. The van der Waals surface area contributed by atoms with E-state index in [0.29, 0.717) is 6.61 Å². The van der Waals surface area contributed by atoms with Crippen LogP contribution in [0.1, 0.15) is 22.7 Å². The highest BCUT2D eigenvalue weighted by molar-refractivity contribution is 5.43. The second-order valence-corrected chi connectivity index (χ2v) is 6.16. The first-order chi connectivity index (χ1) is 12.8. The summed E-state index contributed by atoms with van der Waals surface area (Å²) < 4.78 is 11.4. The van der Waals surface area contributed by atoms with Gasteiger partial charge in [0.25, 0.3) is 0 Å². The maximum absolute atomic E-state index is 6.30. The van der Waals surface area contributed by atoms with E-state index < -0.39 is 0 Å². The van der Waals surface area contributed by atoms with E-state index in [2.05, 4.69) is 17.1 Å². The van der Waals surface area contributed by atoms with Crippen LogP contribution in [-0.2, 0) is 12.8 Å². The molecule has 3 aromatic rings. The molecule has 26 heavy (non-hydrogen) atoms. The van der Waals surface area contributed by atoms with E-state index >= 15 is 0 Å². The number of pyridine rings is 1. The van der Waals surface area contributed by atoms with Crippen LogP contribution >= 0.6 is 0 Å². The first-order valence-electron chi connectivity index (χ1n) is 8.75. The molecule has 4 nitrogen and oxygen atoms in total. The number of nitrogens with two attached hydrogens (primary N) is 1. The highest BCUT2D eigenvalue weighted by atomic mass is 16.5. The van der Waals surface area contributed by atoms with Crippen molar-refractivity contribution in [2.75, 3.05) is 13.7 Å². The molecule has 1 aromatic heterocycles. The van der Waals surface area contributed by atoms with Crippen molar-refractivity contribution in [1.29, 1.82) is 0 Å². The minimum absolute atomic E-state index is 0.0763. The smallest absolute Gasteiger partial charge is 0.161 e. The quantitative estimate of drug-likeness (QED) is 0.669. The molecule has 0 aliphatic heterocycles. The molecule has 1 atom stereocenters. The number of hydrogen-bond donors (Lipinski definition) is 1. The van der Waals surface area contributed by atoms with Gasteiger partial charge in [-0.15, -0.1) is 0 Å². The predicted molar refractivity (Wildman–Crippen MR) is 104 cm³/mol. The Morgan fingerprint density at radius 3 is 2.42 bits per heavy atom. The Bertz CT molecular complexity index is 807. The summed E-state index contributed by atoms with van der Waals surface area (Å²) in [4.78, 5) is 4.03. The van der Waals surface area contributed by atoms with Crippen LogP contribution in [0.3, 0.4) is 0 Å². The largest absolute Gasteiger partial charge is 0.493 e. The molecule has 4 heteroatoms. The SMILES string of the molecule is COc1cc(CC(N)c2ccncc2)ccc1OCCc1ccccc1. The summed E-state index contributed by atoms with van der Waals surface area (Å²) in [6.07, 6.45) is 5.11. The molecular formula is C22H24N2O2. The Morgan fingerprint density at radius 1 is 0.923 bits per heavy atom. The average Bonchev–Trinajstić information content (AvgIpc) is 2.70. The van der Waals surface area contributed by atoms with E-state index in [1.54, 1.807) is 19.5 Å². The van der Waals surface area contributed by atoms with Crippen molar-refractivity contribution < 1.29 is 9.47 Å². The number of aromatic nitrogens is 1. The van der Waals surface area contributed by atoms with Gasteiger partial charge in [0.15, 0.2) is 11.5 Å². The standard InChI is InChI=1S/C22H24N2O2/c1-25-22-16-18(15-20(23)19-9-12-24-13-10-19)7-8-21(22)26-14-11-17-5-3-2-4-6-17/h2-10,12-13,16,20H,11,14-15,23H2,1H3. The summed E-state index contributed by atoms with van der Waals surface area (Å²) in [6, 6.07) is 20.1. The Hall–Kier alpha value is -2.85. The first kappa shape index (κ1) is 18.0. The van der Waals surface area contributed by atoms with E-state index in [-0.39, 0.29) is 6.04 Å². The summed E-state index contributed by atoms with van der Waals surface area (Å²) in [6.45, 7) is 0.607. The molecule has 0 spiro atoms. The molecule has 0 bridgehead atoms. The molecule has 134 valence electrons. The van der Waals surface area contributed by atoms with Crippen LogP contribution in [0.15, 0.2) is 73.1 Å². The van der Waals surface area contributed by atoms with Gasteiger partial charge in [0.1, 0.15) is 0 Å². The highest BCUT2D eigenvalue weighted by Crippen LogP contribution is 2.29. The van der Waals surface area contributed by atoms with Gasteiger partial charge >= 0.3 is 0 Å². The van der Waals surface area contributed by atoms with Gasteiger partial charge in [-0.05, 0) is 47.4 Å². The van der Waals surface area contributed by atoms with Crippen molar-refractivity contribution in [2.24, 2.45) is 5.73 Å². The minimum Gasteiger partial charge on any atom is -0.493 e. The lowest BCUT2D eigenvalue weighted by Gasteiger charge is -2.15. The molecule has 2 N–H and O–H groups in total. The molecular weight excluding hydrogens is 324 g/mol. The van der Waals surface area contributed by atoms with Crippen molar-refractivity contribution in [3.8, 4) is 11.5 Å². The van der Waals surface area contributed by atoms with E-state index in [0.717, 1.165) is 35.5 Å². The summed E-state index contributed by atoms with van der Waals surface area (Å²) in [5, 5.41) is 0. The summed E-state index contributed by atoms with van der Waals surface area (Å²) >= 11 is 0. The van der Waals surface area contributed by atoms with Crippen LogP contribution in [0.4, 0.5) is 0 Å². The molecule has 3 rings (SSSR count). The Kier molecular flexibility index (Phi) is 6.23. The Morgan fingerprint density at radius 2 is 1.69 bits per heavy atom. The fourth-order valence-electron chi connectivity index (χ4n) is 2.86. The lowest BCUT2D eigenvalue weighted by molar-refractivity contribution is 0.297. The molecule has 0 fully saturated rings. The normalized spacial score (nSPS) is 11.8. The monoisotopic (exact) mass is 348 g/mol. The van der Waals surface area contributed by atoms with Crippen molar-refractivity contribution in [2.45, 2.75) is 18.9 Å². The van der Waals surface area contributed by atoms with Gasteiger partial charge in [-0.1, -0.05) is 36.4 Å². The van der Waals surface area contributed by atoms with Crippen molar-refractivity contribution in [3.63, 3.8) is 0 Å². The van der Waals surface area contributed by atoms with Gasteiger partial charge in [0.2, 0.25) is 0 Å². The third-order valence-corrected chi connectivity index (χ3v) is 4.31. The van der Waals surface area contributed by atoms with Crippen LogP contribution in [0.25, 0.3) is 0 Å². The Labute approximate surface area is 154 Å². The van der Waals surface area contributed by atoms with Gasteiger partial charge in [0.05, 0.1) is 13.7 Å². The topological polar surface area (TPSA) is 57.4 Å². The third kappa shape index (κ3) is 4.83. The number of hydrogen-bond acceptors (Lipinski definition) is 4. The van der Waals surface area contributed by atoms with Gasteiger partial charge in [0, 0.05) is 24.9 Å². The van der Waals surface area contributed by atoms with Crippen molar-refractivity contribution >= 4 is 0 Å². The summed E-state index contributed by atoms with van der Waals surface area (Å²) in [7, 11) is 1.66. The van der Waals surface area contributed by atoms with Gasteiger partial charge < -0.3 is 15.2 Å². The molecule has 1 unspecified atom stereocenters. The lowest BCUT2D eigenvalue weighted by Crippen LogP contribution is -2.13. The summed E-state index contributed by atoms with van der Waals surface area (Å²) in [5.41, 5.74) is 9.74. The number of methoxy groups -OCH3 is 1. The molecule has 0 saturated heterocycles. The molecule has 1 heterocycles. The van der Waals surface area contributed by atoms with E-state index in [4.69, 9.17) is 15.2 Å². The second kappa shape index (κ2) is 9.02. The fourth-order valence-corrected chi connectivity index (χ4v) is 2.86. The molecule has 0 aliphatic rings. The van der Waals surface area contributed by atoms with Crippen LogP contribution in [-0.4, -0.2) is 18.7 Å². The lowest BCUT2D eigenvalue weighted by atomic mass is 10.0. The van der Waals surface area contributed by atoms with Crippen LogP contribution in [0.2, 0.25) is 0 Å². The van der Waals surface area contributed by atoms with Gasteiger partial charge in [-0.25, -0.2) is 0 Å². The van der Waals surface area contributed by atoms with E-state index in [1.165, 1.54) is 5.56 Å². The number of ether oxygens (including phenoxy) is 2. The molecule has 0 radical (unpaired) electrons. The highest BCUT2D eigenvalue weighted by Gasteiger charge is 2.10. The maximum atomic E-state index is 6.30. The molecule has 0 amide bonds. The van der Waals surface area contributed by atoms with E-state index in [1.807, 2.05) is 48.5 Å². The first-order valence-corrected chi connectivity index (χ1v) is 8.75. The zero-order valence-corrected chi connectivity index (χ0v) is 15.0. The predicted octanol–water partition coefficient (Wildman–Crippen LogP) is 3.95. The number of benzene rings is 2. The van der Waals surface area contributed by atoms with E-state index in [9.17, 15) is 0 Å². The van der Waals surface area contributed by atoms with Gasteiger partial charge in [-0.3, -0.25) is 4.98 Å². The zero-order chi connectivity index (χ0) is 18.2. The van der Waals surface area contributed by atoms with Crippen LogP contribution < -0.4 is 15.2 Å². The van der Waals surface area contributed by atoms with Crippen molar-refractivity contribution in [1.82, 2.24) is 4.98 Å². The molecule has 2 aromatic carbocycles. The summed E-state index contributed by atoms with van der Waals surface area (Å²) in [5.74, 6) is 1.49. The van der Waals surface area contributed by atoms with Gasteiger partial charge in [-0.2, -0.15) is 0 Å². The van der Waals surface area contributed by atoms with Crippen LogP contribution in [0, 0.1) is 0 Å². The van der Waals surface area contributed by atoms with Crippen LogP contribution in [0.5, 0.6) is 11.5 Å². The number of rotatable bonds is 8. The minimum atomic E-state index is -0.0763. The molecule has 0 aliphatic carbocycles. The number of nitrogens with zero attached hydrogens (tertiary/aromatic N) is 1. The average molecular weight is 348 g/mol.